The first kappa shape index (κ1) is 22.3. The Bertz CT molecular complexity index is 1320. The smallest absolute Gasteiger partial charge is 0.333 e. The number of esters is 1. The lowest BCUT2D eigenvalue weighted by molar-refractivity contribution is -0.135. The van der Waals surface area contributed by atoms with Gasteiger partial charge in [-0.05, 0) is 37.6 Å². The number of ether oxygens (including phenoxy) is 3. The van der Waals surface area contributed by atoms with Crippen LogP contribution in [0, 0.1) is 6.92 Å². The molecule has 0 saturated carbocycles. The van der Waals surface area contributed by atoms with Gasteiger partial charge in [-0.3, -0.25) is 9.36 Å². The fourth-order valence-corrected chi connectivity index (χ4v) is 4.73. The molecule has 1 aliphatic heterocycles. The second-order valence-electron chi connectivity index (χ2n) is 7.31. The van der Waals surface area contributed by atoms with Crippen LogP contribution < -0.4 is 19.5 Å². The number of hydrogen-bond donors (Lipinski definition) is 0. The molecule has 2 heterocycles. The number of carbonyl (C=O) groups is 1. The highest BCUT2D eigenvalue weighted by Gasteiger charge is 2.18. The molecule has 0 radical (unpaired) electrons. The average Bonchev–Trinajstić information content (AvgIpc) is 3.04. The van der Waals surface area contributed by atoms with E-state index in [9.17, 15) is 9.59 Å². The van der Waals surface area contributed by atoms with Crippen molar-refractivity contribution in [1.29, 1.82) is 0 Å². The van der Waals surface area contributed by atoms with Crippen molar-refractivity contribution < 1.29 is 19.0 Å². The predicted molar refractivity (Wildman–Crippen MR) is 125 cm³/mol. The molecule has 8 heteroatoms. The molecule has 4 rings (SSSR count). The van der Waals surface area contributed by atoms with E-state index >= 15 is 0 Å². The monoisotopic (exact) mass is 471 g/mol. The number of aryl methyl sites for hydroxylation is 1. The van der Waals surface area contributed by atoms with Gasteiger partial charge in [-0.25, -0.2) is 4.79 Å². The zero-order valence-corrected chi connectivity index (χ0v) is 19.3. The predicted octanol–water partition coefficient (Wildman–Crippen LogP) is 2.96. The van der Waals surface area contributed by atoms with E-state index in [4.69, 9.17) is 25.8 Å². The summed E-state index contributed by atoms with van der Waals surface area (Å²) in [6, 6.07) is 11.4. The summed E-state index contributed by atoms with van der Waals surface area (Å²) in [5.41, 5.74) is 3.41. The fraction of sp³-hybridized carbons (Fsp3) is 0.250. The molecule has 0 amide bonds. The van der Waals surface area contributed by atoms with Gasteiger partial charge >= 0.3 is 5.97 Å². The Morgan fingerprint density at radius 2 is 2.06 bits per heavy atom. The van der Waals surface area contributed by atoms with E-state index in [1.807, 2.05) is 37.3 Å². The molecule has 0 bridgehead atoms. The van der Waals surface area contributed by atoms with Crippen molar-refractivity contribution in [2.45, 2.75) is 27.0 Å². The highest BCUT2D eigenvalue weighted by atomic mass is 35.5. The summed E-state index contributed by atoms with van der Waals surface area (Å²) < 4.78 is 18.7. The molecule has 0 spiro atoms. The van der Waals surface area contributed by atoms with E-state index in [1.165, 1.54) is 17.4 Å². The zero-order chi connectivity index (χ0) is 22.7. The average molecular weight is 472 g/mol. The molecule has 32 heavy (non-hydrogen) atoms. The van der Waals surface area contributed by atoms with Crippen molar-refractivity contribution in [3.63, 3.8) is 0 Å². The second kappa shape index (κ2) is 9.73. The standard InChI is InChI=1S/C24H22ClNO5S/c1-3-30-22(27)11-21-26(12-17-9-19(25)10-18-13-29-14-31-23(17)18)24(28)20(32-21)8-16-6-4-15(2)5-7-16/h4-11H,3,12-14H2,1-2H3. The normalized spacial score (nSPS) is 14.2. The van der Waals surface area contributed by atoms with Crippen molar-refractivity contribution in [3.05, 3.63) is 83.2 Å². The zero-order valence-electron chi connectivity index (χ0n) is 17.7. The number of carbonyl (C=O) groups excluding carboxylic acids is 1. The van der Waals surface area contributed by atoms with Gasteiger partial charge in [-0.2, -0.15) is 0 Å². The van der Waals surface area contributed by atoms with Gasteiger partial charge in [0.1, 0.15) is 10.4 Å². The number of hydrogen-bond acceptors (Lipinski definition) is 6. The van der Waals surface area contributed by atoms with Crippen LogP contribution in [0.4, 0.5) is 0 Å². The molecule has 0 unspecified atom stereocenters. The Kier molecular flexibility index (Phi) is 6.79. The third kappa shape index (κ3) is 4.96. The van der Waals surface area contributed by atoms with Crippen LogP contribution in [0.5, 0.6) is 5.75 Å². The summed E-state index contributed by atoms with van der Waals surface area (Å²) >= 11 is 7.53. The molecular formula is C24H22ClNO5S. The van der Waals surface area contributed by atoms with E-state index in [1.54, 1.807) is 23.6 Å². The Labute approximate surface area is 193 Å². The minimum Gasteiger partial charge on any atom is -0.467 e. The van der Waals surface area contributed by atoms with Crippen LogP contribution in [0.25, 0.3) is 12.2 Å². The van der Waals surface area contributed by atoms with Crippen LogP contribution in [0.1, 0.15) is 29.2 Å². The topological polar surface area (TPSA) is 66.8 Å². The third-order valence-corrected chi connectivity index (χ3v) is 6.20. The second-order valence-corrected chi connectivity index (χ2v) is 8.81. The fourth-order valence-electron chi connectivity index (χ4n) is 3.44. The number of thiazole rings is 1. The number of aromatic nitrogens is 1. The van der Waals surface area contributed by atoms with Gasteiger partial charge in [0.15, 0.2) is 6.79 Å². The van der Waals surface area contributed by atoms with E-state index in [-0.39, 0.29) is 25.5 Å². The third-order valence-electron chi connectivity index (χ3n) is 4.92. The molecule has 6 nitrogen and oxygen atoms in total. The number of benzene rings is 2. The number of fused-ring (bicyclic) bond motifs is 1. The van der Waals surface area contributed by atoms with Crippen LogP contribution in [-0.2, 0) is 27.4 Å². The van der Waals surface area contributed by atoms with Crippen molar-refractivity contribution in [1.82, 2.24) is 4.57 Å². The lowest BCUT2D eigenvalue weighted by atomic mass is 10.1. The highest BCUT2D eigenvalue weighted by Crippen LogP contribution is 2.31. The first-order valence-electron chi connectivity index (χ1n) is 10.1. The maximum atomic E-state index is 13.3. The minimum absolute atomic E-state index is 0.133. The molecule has 1 aliphatic rings. The van der Waals surface area contributed by atoms with Gasteiger partial charge in [0.05, 0.1) is 30.4 Å². The quantitative estimate of drug-likeness (QED) is 0.535. The molecule has 0 aliphatic carbocycles. The Hall–Kier alpha value is -2.87. The lowest BCUT2D eigenvalue weighted by Gasteiger charge is -2.21. The number of nitrogens with zero attached hydrogens (tertiary/aromatic N) is 1. The van der Waals surface area contributed by atoms with Gasteiger partial charge in [0.2, 0.25) is 0 Å². The summed E-state index contributed by atoms with van der Waals surface area (Å²) in [6.45, 7) is 4.72. The Morgan fingerprint density at radius 1 is 1.28 bits per heavy atom. The lowest BCUT2D eigenvalue weighted by Crippen LogP contribution is -2.32. The molecule has 0 fully saturated rings. The van der Waals surface area contributed by atoms with Crippen LogP contribution in [0.15, 0.2) is 41.2 Å². The van der Waals surface area contributed by atoms with E-state index in [0.717, 1.165) is 22.3 Å². The van der Waals surface area contributed by atoms with Crippen LogP contribution in [0.2, 0.25) is 5.02 Å². The largest absolute Gasteiger partial charge is 0.467 e. The highest BCUT2D eigenvalue weighted by molar-refractivity contribution is 7.07. The van der Waals surface area contributed by atoms with E-state index in [0.29, 0.717) is 26.6 Å². The summed E-state index contributed by atoms with van der Waals surface area (Å²) in [4.78, 5) is 25.5. The van der Waals surface area contributed by atoms with Gasteiger partial charge in [-0.15, -0.1) is 11.3 Å². The Morgan fingerprint density at radius 3 is 2.81 bits per heavy atom. The van der Waals surface area contributed by atoms with Crippen molar-refractivity contribution in [2.24, 2.45) is 0 Å². The summed E-state index contributed by atoms with van der Waals surface area (Å²) in [7, 11) is 0. The minimum atomic E-state index is -0.498. The van der Waals surface area contributed by atoms with Crippen LogP contribution >= 0.6 is 22.9 Å². The molecule has 3 aromatic rings. The number of halogens is 1. The summed E-state index contributed by atoms with van der Waals surface area (Å²) in [6.07, 6.45) is 3.17. The van der Waals surface area contributed by atoms with E-state index < -0.39 is 5.97 Å². The van der Waals surface area contributed by atoms with Crippen LogP contribution in [-0.4, -0.2) is 23.9 Å². The van der Waals surface area contributed by atoms with Crippen molar-refractivity contribution >= 4 is 41.1 Å². The maximum Gasteiger partial charge on any atom is 0.333 e. The molecule has 2 aromatic carbocycles. The molecule has 166 valence electrons. The van der Waals surface area contributed by atoms with Gasteiger partial charge < -0.3 is 14.2 Å². The molecular weight excluding hydrogens is 450 g/mol. The van der Waals surface area contributed by atoms with Crippen molar-refractivity contribution in [2.75, 3.05) is 13.4 Å². The first-order valence-corrected chi connectivity index (χ1v) is 11.3. The van der Waals surface area contributed by atoms with Gasteiger partial charge in [-0.1, -0.05) is 41.4 Å². The molecule has 0 atom stereocenters. The SMILES string of the molecule is CCOC(=O)C=c1sc(=Cc2ccc(C)cc2)c(=O)n1Cc1cc(Cl)cc2c1OCOC2. The molecule has 1 aromatic heterocycles. The molecule has 0 N–H and O–H groups in total. The molecule has 0 saturated heterocycles. The van der Waals surface area contributed by atoms with E-state index in [2.05, 4.69) is 0 Å². The Balaban J connectivity index is 1.85. The first-order chi connectivity index (χ1) is 15.4. The van der Waals surface area contributed by atoms with Crippen LogP contribution in [0.3, 0.4) is 0 Å². The van der Waals surface area contributed by atoms with Gasteiger partial charge in [0.25, 0.3) is 5.56 Å². The summed E-state index contributed by atoms with van der Waals surface area (Å²) in [5.74, 6) is 0.159. The van der Waals surface area contributed by atoms with Gasteiger partial charge in [0, 0.05) is 16.1 Å². The summed E-state index contributed by atoms with van der Waals surface area (Å²) in [5, 5.41) is 0.526. The van der Waals surface area contributed by atoms with Crippen molar-refractivity contribution in [3.8, 4) is 5.75 Å². The maximum absolute atomic E-state index is 13.3. The number of rotatable bonds is 5.